The first-order valence-corrected chi connectivity index (χ1v) is 5.21. The third-order valence-electron chi connectivity index (χ3n) is 3.17. The van der Waals surface area contributed by atoms with Crippen LogP contribution in [0.25, 0.3) is 0 Å². The second-order valence-corrected chi connectivity index (χ2v) is 3.96. The first kappa shape index (κ1) is 10.9. The number of nitrogens with zero attached hydrogens (tertiary/aromatic N) is 1. The summed E-state index contributed by atoms with van der Waals surface area (Å²) in [5, 5.41) is 3.30. The van der Waals surface area contributed by atoms with E-state index in [9.17, 15) is 4.39 Å². The Labute approximate surface area is 80.5 Å². The van der Waals surface area contributed by atoms with Crippen LogP contribution in [-0.4, -0.2) is 44.3 Å². The monoisotopic (exact) mass is 188 g/mol. The maximum absolute atomic E-state index is 12.1. The van der Waals surface area contributed by atoms with E-state index in [1.165, 1.54) is 25.7 Å². The second kappa shape index (κ2) is 5.55. The fraction of sp³-hybridized carbons (Fsp3) is 1.00. The van der Waals surface area contributed by atoms with E-state index < -0.39 is 0 Å². The van der Waals surface area contributed by atoms with E-state index >= 15 is 0 Å². The molecule has 0 heterocycles. The van der Waals surface area contributed by atoms with Crippen LogP contribution < -0.4 is 5.32 Å². The summed E-state index contributed by atoms with van der Waals surface area (Å²) in [6.07, 6.45) is 4.89. The van der Waals surface area contributed by atoms with Gasteiger partial charge in [0.05, 0.1) is 0 Å². The minimum atomic E-state index is -0.220. The van der Waals surface area contributed by atoms with Crippen LogP contribution in [0.2, 0.25) is 0 Å². The topological polar surface area (TPSA) is 15.3 Å². The van der Waals surface area contributed by atoms with Crippen molar-refractivity contribution in [1.82, 2.24) is 10.2 Å². The fourth-order valence-electron chi connectivity index (χ4n) is 2.12. The molecule has 0 aromatic carbocycles. The van der Waals surface area contributed by atoms with Crippen LogP contribution in [-0.2, 0) is 0 Å². The third kappa shape index (κ3) is 3.24. The van der Waals surface area contributed by atoms with E-state index in [1.807, 2.05) is 14.1 Å². The minimum absolute atomic E-state index is 0.220. The number of hydrogen-bond acceptors (Lipinski definition) is 2. The van der Waals surface area contributed by atoms with Gasteiger partial charge in [0, 0.05) is 18.6 Å². The molecule has 3 heteroatoms. The van der Waals surface area contributed by atoms with Crippen molar-refractivity contribution in [3.63, 3.8) is 0 Å². The van der Waals surface area contributed by atoms with Crippen molar-refractivity contribution in [3.8, 4) is 0 Å². The van der Waals surface area contributed by atoms with E-state index in [0.717, 1.165) is 0 Å². The van der Waals surface area contributed by atoms with Crippen molar-refractivity contribution in [2.45, 2.75) is 37.8 Å². The lowest BCUT2D eigenvalue weighted by Crippen LogP contribution is -2.40. The Balaban J connectivity index is 2.23. The summed E-state index contributed by atoms with van der Waals surface area (Å²) < 4.78 is 12.1. The van der Waals surface area contributed by atoms with E-state index in [-0.39, 0.29) is 6.67 Å². The maximum Gasteiger partial charge on any atom is 0.102 e. The van der Waals surface area contributed by atoms with Gasteiger partial charge in [-0.1, -0.05) is 0 Å². The van der Waals surface area contributed by atoms with Crippen LogP contribution in [0.1, 0.15) is 25.7 Å². The van der Waals surface area contributed by atoms with Crippen LogP contribution in [0, 0.1) is 0 Å². The van der Waals surface area contributed by atoms with Gasteiger partial charge in [0.25, 0.3) is 0 Å². The average molecular weight is 188 g/mol. The molecular formula is C10H21FN2. The summed E-state index contributed by atoms with van der Waals surface area (Å²) in [5.74, 6) is 0. The standard InChI is InChI=1S/C10H21FN2/c1-12-9-3-5-10(6-4-9)13(2)8-7-11/h9-10,12H,3-8H2,1-2H3. The van der Waals surface area contributed by atoms with Crippen molar-refractivity contribution in [1.29, 1.82) is 0 Å². The van der Waals surface area contributed by atoms with Crippen LogP contribution in [0.15, 0.2) is 0 Å². The molecule has 1 fully saturated rings. The number of halogens is 1. The first-order chi connectivity index (χ1) is 6.27. The van der Waals surface area contributed by atoms with Crippen molar-refractivity contribution >= 4 is 0 Å². The van der Waals surface area contributed by atoms with Gasteiger partial charge in [0.15, 0.2) is 0 Å². The van der Waals surface area contributed by atoms with Crippen LogP contribution >= 0.6 is 0 Å². The maximum atomic E-state index is 12.1. The summed E-state index contributed by atoms with van der Waals surface area (Å²) in [4.78, 5) is 2.16. The van der Waals surface area contributed by atoms with Gasteiger partial charge < -0.3 is 10.2 Å². The Kier molecular flexibility index (Phi) is 4.67. The van der Waals surface area contributed by atoms with Crippen LogP contribution in [0.5, 0.6) is 0 Å². The molecule has 1 N–H and O–H groups in total. The normalized spacial score (nSPS) is 29.5. The Morgan fingerprint density at radius 3 is 2.38 bits per heavy atom. The van der Waals surface area contributed by atoms with Gasteiger partial charge in [-0.2, -0.15) is 0 Å². The SMILES string of the molecule is CNC1CCC(N(C)CCF)CC1. The average Bonchev–Trinajstić information content (AvgIpc) is 2.18. The highest BCUT2D eigenvalue weighted by atomic mass is 19.1. The Hall–Kier alpha value is -0.150. The fourth-order valence-corrected chi connectivity index (χ4v) is 2.12. The third-order valence-corrected chi connectivity index (χ3v) is 3.17. The minimum Gasteiger partial charge on any atom is -0.317 e. The van der Waals surface area contributed by atoms with Gasteiger partial charge in [-0.25, -0.2) is 4.39 Å². The predicted molar refractivity (Wildman–Crippen MR) is 53.7 cm³/mol. The van der Waals surface area contributed by atoms with Gasteiger partial charge in [-0.3, -0.25) is 0 Å². The van der Waals surface area contributed by atoms with Crippen molar-refractivity contribution in [2.75, 3.05) is 27.3 Å². The van der Waals surface area contributed by atoms with E-state index in [4.69, 9.17) is 0 Å². The molecule has 1 aliphatic rings. The summed E-state index contributed by atoms with van der Waals surface area (Å²) in [6.45, 7) is 0.372. The predicted octanol–water partition coefficient (Wildman–Crippen LogP) is 1.42. The van der Waals surface area contributed by atoms with Gasteiger partial charge >= 0.3 is 0 Å². The van der Waals surface area contributed by atoms with Crippen molar-refractivity contribution < 1.29 is 4.39 Å². The molecule has 0 unspecified atom stereocenters. The number of nitrogens with one attached hydrogen (secondary N) is 1. The molecule has 0 aromatic rings. The highest BCUT2D eigenvalue weighted by Crippen LogP contribution is 2.21. The molecule has 1 aliphatic carbocycles. The summed E-state index contributed by atoms with van der Waals surface area (Å²) in [7, 11) is 4.06. The number of alkyl halides is 1. The molecule has 0 saturated heterocycles. The van der Waals surface area contributed by atoms with Crippen LogP contribution in [0.4, 0.5) is 4.39 Å². The van der Waals surface area contributed by atoms with E-state index in [2.05, 4.69) is 10.2 Å². The summed E-state index contributed by atoms with van der Waals surface area (Å²) in [6, 6.07) is 1.30. The lowest BCUT2D eigenvalue weighted by molar-refractivity contribution is 0.166. The molecule has 0 amide bonds. The van der Waals surface area contributed by atoms with Crippen molar-refractivity contribution in [3.05, 3.63) is 0 Å². The molecule has 78 valence electrons. The summed E-state index contributed by atoms with van der Waals surface area (Å²) in [5.41, 5.74) is 0. The molecule has 0 radical (unpaired) electrons. The zero-order valence-corrected chi connectivity index (χ0v) is 8.72. The zero-order valence-electron chi connectivity index (χ0n) is 8.72. The van der Waals surface area contributed by atoms with E-state index in [0.29, 0.717) is 18.6 Å². The van der Waals surface area contributed by atoms with Gasteiger partial charge in [0.1, 0.15) is 6.67 Å². The van der Waals surface area contributed by atoms with E-state index in [1.54, 1.807) is 0 Å². The van der Waals surface area contributed by atoms with Crippen LogP contribution in [0.3, 0.4) is 0 Å². The Morgan fingerprint density at radius 1 is 1.31 bits per heavy atom. The van der Waals surface area contributed by atoms with Gasteiger partial charge in [0.2, 0.25) is 0 Å². The summed E-state index contributed by atoms with van der Waals surface area (Å²) >= 11 is 0. The molecule has 13 heavy (non-hydrogen) atoms. The first-order valence-electron chi connectivity index (χ1n) is 5.21. The largest absolute Gasteiger partial charge is 0.317 e. The smallest absolute Gasteiger partial charge is 0.102 e. The second-order valence-electron chi connectivity index (χ2n) is 3.96. The zero-order chi connectivity index (χ0) is 9.68. The molecule has 0 aromatic heterocycles. The lowest BCUT2D eigenvalue weighted by Gasteiger charge is -2.34. The molecule has 0 spiro atoms. The lowest BCUT2D eigenvalue weighted by atomic mass is 9.90. The van der Waals surface area contributed by atoms with Gasteiger partial charge in [-0.05, 0) is 39.8 Å². The number of hydrogen-bond donors (Lipinski definition) is 1. The molecule has 0 atom stereocenters. The molecular weight excluding hydrogens is 167 g/mol. The van der Waals surface area contributed by atoms with Crippen molar-refractivity contribution in [2.24, 2.45) is 0 Å². The number of rotatable bonds is 4. The van der Waals surface area contributed by atoms with Gasteiger partial charge in [-0.15, -0.1) is 0 Å². The Morgan fingerprint density at radius 2 is 1.92 bits per heavy atom. The Bertz CT molecular complexity index is 133. The molecule has 0 bridgehead atoms. The molecule has 1 saturated carbocycles. The highest BCUT2D eigenvalue weighted by Gasteiger charge is 2.22. The quantitative estimate of drug-likeness (QED) is 0.718. The molecule has 0 aliphatic heterocycles. The molecule has 1 rings (SSSR count). The highest BCUT2D eigenvalue weighted by molar-refractivity contribution is 4.80. The molecule has 2 nitrogen and oxygen atoms in total.